The highest BCUT2D eigenvalue weighted by molar-refractivity contribution is 9.09. The summed E-state index contributed by atoms with van der Waals surface area (Å²) in [5, 5.41) is 0.792. The minimum Gasteiger partial charge on any atom is -0.493 e. The van der Waals surface area contributed by atoms with Crippen molar-refractivity contribution in [3.63, 3.8) is 0 Å². The van der Waals surface area contributed by atoms with Gasteiger partial charge in [0.2, 0.25) is 0 Å². The predicted octanol–water partition coefficient (Wildman–Crippen LogP) is 2.83. The van der Waals surface area contributed by atoms with Gasteiger partial charge in [-0.15, -0.1) is 0 Å². The molecule has 0 aliphatic heterocycles. The fourth-order valence-electron chi connectivity index (χ4n) is 0.990. The lowest BCUT2D eigenvalue weighted by Crippen LogP contribution is -1.98. The minimum absolute atomic E-state index is 0.0722. The maximum Gasteiger partial charge on any atom is 0.185 e. The van der Waals surface area contributed by atoms with Gasteiger partial charge in [0.15, 0.2) is 5.78 Å². The molecule has 0 spiro atoms. The SMILES string of the molecule is C=CC(=O)c1ccc(OCCBr)cc1. The Morgan fingerprint density at radius 2 is 2.07 bits per heavy atom. The number of carbonyl (C=O) groups excluding carboxylic acids is 1. The van der Waals surface area contributed by atoms with Crippen LogP contribution in [0.2, 0.25) is 0 Å². The molecule has 1 aromatic carbocycles. The lowest BCUT2D eigenvalue weighted by molar-refractivity contribution is 0.104. The van der Waals surface area contributed by atoms with Gasteiger partial charge in [-0.2, -0.15) is 0 Å². The molecule has 0 saturated heterocycles. The van der Waals surface area contributed by atoms with Crippen molar-refractivity contribution in [2.75, 3.05) is 11.9 Å². The zero-order chi connectivity index (χ0) is 10.4. The van der Waals surface area contributed by atoms with E-state index >= 15 is 0 Å². The molecule has 0 atom stereocenters. The number of ether oxygens (including phenoxy) is 1. The number of hydrogen-bond donors (Lipinski definition) is 0. The lowest BCUT2D eigenvalue weighted by Gasteiger charge is -2.03. The van der Waals surface area contributed by atoms with Crippen LogP contribution < -0.4 is 4.74 Å². The molecule has 0 heterocycles. The average molecular weight is 255 g/mol. The van der Waals surface area contributed by atoms with Gasteiger partial charge in [-0.25, -0.2) is 0 Å². The molecule has 0 aromatic heterocycles. The number of allylic oxidation sites excluding steroid dienone is 1. The summed E-state index contributed by atoms with van der Waals surface area (Å²) >= 11 is 3.26. The van der Waals surface area contributed by atoms with Gasteiger partial charge in [0.1, 0.15) is 5.75 Å². The zero-order valence-corrected chi connectivity index (χ0v) is 9.29. The number of benzene rings is 1. The van der Waals surface area contributed by atoms with E-state index in [0.717, 1.165) is 11.1 Å². The first-order valence-electron chi connectivity index (χ1n) is 4.23. The summed E-state index contributed by atoms with van der Waals surface area (Å²) in [5.74, 6) is 0.696. The van der Waals surface area contributed by atoms with Gasteiger partial charge in [-0.3, -0.25) is 4.79 Å². The third-order valence-electron chi connectivity index (χ3n) is 1.67. The van der Waals surface area contributed by atoms with E-state index in [9.17, 15) is 4.79 Å². The van der Waals surface area contributed by atoms with Crippen molar-refractivity contribution in [1.82, 2.24) is 0 Å². The highest BCUT2D eigenvalue weighted by atomic mass is 79.9. The molecule has 0 fully saturated rings. The van der Waals surface area contributed by atoms with Crippen LogP contribution in [0.1, 0.15) is 10.4 Å². The van der Waals surface area contributed by atoms with Crippen LogP contribution in [-0.2, 0) is 0 Å². The summed E-state index contributed by atoms with van der Waals surface area (Å²) in [6.07, 6.45) is 1.30. The largest absolute Gasteiger partial charge is 0.493 e. The average Bonchev–Trinajstić information content (AvgIpc) is 2.26. The summed E-state index contributed by atoms with van der Waals surface area (Å²) in [6.45, 7) is 4.04. The fraction of sp³-hybridized carbons (Fsp3) is 0.182. The molecular weight excluding hydrogens is 244 g/mol. The number of rotatable bonds is 5. The van der Waals surface area contributed by atoms with Crippen molar-refractivity contribution in [3.05, 3.63) is 42.5 Å². The van der Waals surface area contributed by atoms with Gasteiger partial charge in [-0.1, -0.05) is 22.5 Å². The van der Waals surface area contributed by atoms with E-state index < -0.39 is 0 Å². The highest BCUT2D eigenvalue weighted by Gasteiger charge is 2.00. The van der Waals surface area contributed by atoms with E-state index in [2.05, 4.69) is 22.5 Å². The van der Waals surface area contributed by atoms with Gasteiger partial charge in [0.05, 0.1) is 6.61 Å². The smallest absolute Gasteiger partial charge is 0.185 e. The molecule has 2 nitrogen and oxygen atoms in total. The van der Waals surface area contributed by atoms with Crippen LogP contribution in [0.5, 0.6) is 5.75 Å². The van der Waals surface area contributed by atoms with Gasteiger partial charge in [0, 0.05) is 10.9 Å². The van der Waals surface area contributed by atoms with Crippen LogP contribution in [0, 0.1) is 0 Å². The molecule has 0 unspecified atom stereocenters. The summed E-state index contributed by atoms with van der Waals surface area (Å²) in [4.78, 5) is 11.2. The molecular formula is C11H11BrO2. The molecule has 14 heavy (non-hydrogen) atoms. The molecule has 74 valence electrons. The Labute approximate surface area is 91.7 Å². The first-order valence-corrected chi connectivity index (χ1v) is 5.35. The highest BCUT2D eigenvalue weighted by Crippen LogP contribution is 2.12. The maximum atomic E-state index is 11.2. The van der Waals surface area contributed by atoms with Crippen molar-refractivity contribution >= 4 is 21.7 Å². The van der Waals surface area contributed by atoms with Crippen molar-refractivity contribution in [1.29, 1.82) is 0 Å². The molecule has 3 heteroatoms. The molecule has 0 amide bonds. The Kier molecular flexibility index (Phi) is 4.40. The van der Waals surface area contributed by atoms with E-state index in [0.29, 0.717) is 12.2 Å². The molecule has 1 aromatic rings. The summed E-state index contributed by atoms with van der Waals surface area (Å²) in [7, 11) is 0. The molecule has 0 saturated carbocycles. The Morgan fingerprint density at radius 3 is 2.57 bits per heavy atom. The minimum atomic E-state index is -0.0722. The first kappa shape index (κ1) is 11.0. The predicted molar refractivity (Wildman–Crippen MR) is 60.3 cm³/mol. The number of halogens is 1. The number of hydrogen-bond acceptors (Lipinski definition) is 2. The van der Waals surface area contributed by atoms with E-state index in [4.69, 9.17) is 4.74 Å². The van der Waals surface area contributed by atoms with Crippen LogP contribution in [0.4, 0.5) is 0 Å². The molecule has 0 bridgehead atoms. The van der Waals surface area contributed by atoms with Gasteiger partial charge >= 0.3 is 0 Å². The maximum absolute atomic E-state index is 11.2. The van der Waals surface area contributed by atoms with Crippen molar-refractivity contribution in [3.8, 4) is 5.75 Å². The second-order valence-electron chi connectivity index (χ2n) is 2.63. The Bertz CT molecular complexity index is 317. The van der Waals surface area contributed by atoms with Crippen molar-refractivity contribution < 1.29 is 9.53 Å². The first-order chi connectivity index (χ1) is 6.77. The summed E-state index contributed by atoms with van der Waals surface area (Å²) in [5.41, 5.74) is 0.631. The van der Waals surface area contributed by atoms with Gasteiger partial charge < -0.3 is 4.74 Å². The van der Waals surface area contributed by atoms with Gasteiger partial charge in [0.25, 0.3) is 0 Å². The van der Waals surface area contributed by atoms with E-state index in [-0.39, 0.29) is 5.78 Å². The van der Waals surface area contributed by atoms with E-state index in [1.54, 1.807) is 24.3 Å². The lowest BCUT2D eigenvalue weighted by atomic mass is 10.1. The van der Waals surface area contributed by atoms with E-state index in [1.165, 1.54) is 6.08 Å². The number of ketones is 1. The van der Waals surface area contributed by atoms with Crippen molar-refractivity contribution in [2.45, 2.75) is 0 Å². The van der Waals surface area contributed by atoms with Crippen LogP contribution in [-0.4, -0.2) is 17.7 Å². The Morgan fingerprint density at radius 1 is 1.43 bits per heavy atom. The van der Waals surface area contributed by atoms with Crippen LogP contribution in [0.25, 0.3) is 0 Å². The molecule has 1 rings (SSSR count). The van der Waals surface area contributed by atoms with Crippen molar-refractivity contribution in [2.24, 2.45) is 0 Å². The third kappa shape index (κ3) is 3.00. The monoisotopic (exact) mass is 254 g/mol. The molecule has 0 aliphatic carbocycles. The number of alkyl halides is 1. The summed E-state index contributed by atoms with van der Waals surface area (Å²) in [6, 6.07) is 7.01. The topological polar surface area (TPSA) is 26.3 Å². The van der Waals surface area contributed by atoms with E-state index in [1.807, 2.05) is 0 Å². The Balaban J connectivity index is 2.68. The molecule has 0 radical (unpaired) electrons. The third-order valence-corrected chi connectivity index (χ3v) is 1.99. The number of carbonyl (C=O) groups is 1. The fourth-order valence-corrected chi connectivity index (χ4v) is 1.15. The standard InChI is InChI=1S/C11H11BrO2/c1-2-11(13)9-3-5-10(6-4-9)14-8-7-12/h2-6H,1,7-8H2. The summed E-state index contributed by atoms with van der Waals surface area (Å²) < 4.78 is 5.34. The Hall–Kier alpha value is -1.09. The quantitative estimate of drug-likeness (QED) is 0.459. The second-order valence-corrected chi connectivity index (χ2v) is 3.42. The van der Waals surface area contributed by atoms with Crippen LogP contribution in [0.15, 0.2) is 36.9 Å². The van der Waals surface area contributed by atoms with Crippen LogP contribution >= 0.6 is 15.9 Å². The normalized spacial score (nSPS) is 9.50. The molecule has 0 N–H and O–H groups in total. The molecule has 0 aliphatic rings. The second kappa shape index (κ2) is 5.60. The zero-order valence-electron chi connectivity index (χ0n) is 7.70. The van der Waals surface area contributed by atoms with Gasteiger partial charge in [-0.05, 0) is 30.3 Å². The van der Waals surface area contributed by atoms with Crippen LogP contribution in [0.3, 0.4) is 0 Å².